The second-order valence-corrected chi connectivity index (χ2v) is 9.52. The number of H-pyrrole nitrogens is 1. The molecule has 0 saturated carbocycles. The SMILES string of the molecule is OCC1CCCN1Cc1cc2cc(-c3cccc(CN4CC5C[C@H]4CO5)c3)ccc2[nH]1. The van der Waals surface area contributed by atoms with Gasteiger partial charge in [0.2, 0.25) is 0 Å². The molecule has 5 nitrogen and oxygen atoms in total. The summed E-state index contributed by atoms with van der Waals surface area (Å²) in [5.41, 5.74) is 6.34. The van der Waals surface area contributed by atoms with Crippen molar-refractivity contribution in [2.45, 2.75) is 50.5 Å². The number of aliphatic hydroxyl groups is 1. The second kappa shape index (κ2) is 8.06. The fourth-order valence-corrected chi connectivity index (χ4v) is 5.74. The van der Waals surface area contributed by atoms with Crippen molar-refractivity contribution >= 4 is 10.9 Å². The average Bonchev–Trinajstić information content (AvgIpc) is 3.57. The number of nitrogens with zero attached hydrogens (tertiary/aromatic N) is 2. The monoisotopic (exact) mass is 417 g/mol. The van der Waals surface area contributed by atoms with Gasteiger partial charge < -0.3 is 14.8 Å². The molecule has 2 bridgehead atoms. The fourth-order valence-electron chi connectivity index (χ4n) is 5.74. The number of fused-ring (bicyclic) bond motifs is 3. The molecule has 0 spiro atoms. The number of benzene rings is 2. The highest BCUT2D eigenvalue weighted by molar-refractivity contribution is 5.86. The summed E-state index contributed by atoms with van der Waals surface area (Å²) in [6.07, 6.45) is 3.93. The Hall–Kier alpha value is -2.18. The van der Waals surface area contributed by atoms with Gasteiger partial charge in [0.05, 0.1) is 19.3 Å². The summed E-state index contributed by atoms with van der Waals surface area (Å²) < 4.78 is 5.75. The summed E-state index contributed by atoms with van der Waals surface area (Å²) in [7, 11) is 0. The van der Waals surface area contributed by atoms with Crippen LogP contribution in [0.3, 0.4) is 0 Å². The zero-order valence-electron chi connectivity index (χ0n) is 18.0. The Bertz CT molecular complexity index is 1080. The van der Waals surface area contributed by atoms with Crippen LogP contribution in [0.5, 0.6) is 0 Å². The largest absolute Gasteiger partial charge is 0.395 e. The molecular formula is C26H31N3O2. The Morgan fingerprint density at radius 3 is 2.81 bits per heavy atom. The molecule has 0 aliphatic carbocycles. The first-order valence-electron chi connectivity index (χ1n) is 11.7. The lowest BCUT2D eigenvalue weighted by Crippen LogP contribution is -2.36. The number of nitrogens with one attached hydrogen (secondary N) is 1. The van der Waals surface area contributed by atoms with E-state index >= 15 is 0 Å². The third-order valence-electron chi connectivity index (χ3n) is 7.42. The van der Waals surface area contributed by atoms with E-state index in [0.29, 0.717) is 18.2 Å². The van der Waals surface area contributed by atoms with Crippen molar-refractivity contribution in [3.63, 3.8) is 0 Å². The van der Waals surface area contributed by atoms with Crippen LogP contribution in [0.25, 0.3) is 22.0 Å². The van der Waals surface area contributed by atoms with Gasteiger partial charge in [0, 0.05) is 48.3 Å². The zero-order chi connectivity index (χ0) is 20.8. The van der Waals surface area contributed by atoms with Crippen LogP contribution in [0, 0.1) is 0 Å². The van der Waals surface area contributed by atoms with Crippen LogP contribution in [-0.2, 0) is 17.8 Å². The van der Waals surface area contributed by atoms with Crippen LogP contribution >= 0.6 is 0 Å². The van der Waals surface area contributed by atoms with Gasteiger partial charge >= 0.3 is 0 Å². The highest BCUT2D eigenvalue weighted by Crippen LogP contribution is 2.31. The Kier molecular flexibility index (Phi) is 5.07. The van der Waals surface area contributed by atoms with Gasteiger partial charge in [-0.3, -0.25) is 9.80 Å². The quantitative estimate of drug-likeness (QED) is 0.641. The molecule has 3 saturated heterocycles. The number of ether oxygens (including phenoxy) is 1. The minimum absolute atomic E-state index is 0.257. The molecule has 2 N–H and O–H groups in total. The molecule has 31 heavy (non-hydrogen) atoms. The molecule has 3 aliphatic heterocycles. The average molecular weight is 418 g/mol. The third-order valence-corrected chi connectivity index (χ3v) is 7.42. The maximum Gasteiger partial charge on any atom is 0.0718 e. The second-order valence-electron chi connectivity index (χ2n) is 9.52. The molecule has 3 atom stereocenters. The number of aromatic amines is 1. The maximum absolute atomic E-state index is 9.60. The zero-order valence-corrected chi connectivity index (χ0v) is 18.0. The van der Waals surface area contributed by atoms with Crippen molar-refractivity contribution < 1.29 is 9.84 Å². The first kappa shape index (κ1) is 19.5. The summed E-state index contributed by atoms with van der Waals surface area (Å²) >= 11 is 0. The molecule has 1 aromatic heterocycles. The van der Waals surface area contributed by atoms with Crippen LogP contribution in [0.15, 0.2) is 48.5 Å². The Morgan fingerprint density at radius 2 is 1.97 bits per heavy atom. The highest BCUT2D eigenvalue weighted by Gasteiger charge is 2.38. The maximum atomic E-state index is 9.60. The summed E-state index contributed by atoms with van der Waals surface area (Å²) in [5.74, 6) is 0. The predicted octanol–water partition coefficient (Wildman–Crippen LogP) is 3.76. The lowest BCUT2D eigenvalue weighted by molar-refractivity contribution is 0.0273. The number of hydrogen-bond acceptors (Lipinski definition) is 4. The number of hydrogen-bond donors (Lipinski definition) is 2. The molecule has 162 valence electrons. The first-order valence-corrected chi connectivity index (χ1v) is 11.7. The van der Waals surface area contributed by atoms with E-state index in [9.17, 15) is 5.11 Å². The van der Waals surface area contributed by atoms with Crippen molar-refractivity contribution in [2.24, 2.45) is 0 Å². The van der Waals surface area contributed by atoms with Crippen molar-refractivity contribution in [3.05, 3.63) is 59.8 Å². The number of aliphatic hydroxyl groups excluding tert-OH is 1. The van der Waals surface area contributed by atoms with E-state index in [-0.39, 0.29) is 6.61 Å². The van der Waals surface area contributed by atoms with Crippen molar-refractivity contribution in [1.29, 1.82) is 0 Å². The van der Waals surface area contributed by atoms with E-state index in [1.807, 2.05) is 0 Å². The topological polar surface area (TPSA) is 51.7 Å². The predicted molar refractivity (Wildman–Crippen MR) is 123 cm³/mol. The summed E-state index contributed by atoms with van der Waals surface area (Å²) in [5, 5.41) is 10.9. The molecule has 2 unspecified atom stereocenters. The van der Waals surface area contributed by atoms with E-state index in [1.54, 1.807) is 0 Å². The standard InChI is InChI=1S/C26H31N3O2/c30-16-23-5-2-8-28(23)14-22-11-21-10-20(6-7-26(21)27-22)19-4-1-3-18(9-19)13-29-15-25-12-24(29)17-31-25/h1,3-4,6-7,9-11,23-25,27,30H,2,5,8,12-17H2/t23?,24-,25?/m0/s1. The van der Waals surface area contributed by atoms with Gasteiger partial charge in [-0.25, -0.2) is 0 Å². The Morgan fingerprint density at radius 1 is 1.03 bits per heavy atom. The van der Waals surface area contributed by atoms with Gasteiger partial charge in [-0.05, 0) is 66.8 Å². The van der Waals surface area contributed by atoms with Gasteiger partial charge in [0.15, 0.2) is 0 Å². The molecule has 0 amide bonds. The minimum Gasteiger partial charge on any atom is -0.395 e. The number of likely N-dealkylation sites (tertiary alicyclic amines) is 2. The van der Waals surface area contributed by atoms with E-state index in [2.05, 4.69) is 63.3 Å². The molecule has 4 heterocycles. The molecule has 0 radical (unpaired) electrons. The van der Waals surface area contributed by atoms with Crippen molar-refractivity contribution in [3.8, 4) is 11.1 Å². The molecule has 3 aliphatic rings. The summed E-state index contributed by atoms with van der Waals surface area (Å²) in [6, 6.07) is 18.9. The molecule has 6 rings (SSSR count). The first-order chi connectivity index (χ1) is 15.2. The van der Waals surface area contributed by atoms with E-state index < -0.39 is 0 Å². The van der Waals surface area contributed by atoms with E-state index in [0.717, 1.165) is 39.2 Å². The van der Waals surface area contributed by atoms with E-state index in [4.69, 9.17) is 4.74 Å². The molecule has 3 fully saturated rings. The highest BCUT2D eigenvalue weighted by atomic mass is 16.5. The van der Waals surface area contributed by atoms with Gasteiger partial charge in [0.1, 0.15) is 0 Å². The minimum atomic E-state index is 0.257. The van der Waals surface area contributed by atoms with Crippen LogP contribution in [0.4, 0.5) is 0 Å². The van der Waals surface area contributed by atoms with E-state index in [1.165, 1.54) is 46.1 Å². The summed E-state index contributed by atoms with van der Waals surface area (Å²) in [6.45, 7) is 5.19. The van der Waals surface area contributed by atoms with Crippen molar-refractivity contribution in [1.82, 2.24) is 14.8 Å². The molecule has 3 aromatic rings. The lowest BCUT2D eigenvalue weighted by atomic mass is 10.0. The van der Waals surface area contributed by atoms with Crippen LogP contribution in [0.1, 0.15) is 30.5 Å². The Labute approximate surface area is 183 Å². The number of morpholine rings is 1. The van der Waals surface area contributed by atoms with Crippen LogP contribution < -0.4 is 0 Å². The lowest BCUT2D eigenvalue weighted by Gasteiger charge is -2.26. The normalized spacial score (nSPS) is 26.4. The van der Waals surface area contributed by atoms with Gasteiger partial charge in [0.25, 0.3) is 0 Å². The molecular weight excluding hydrogens is 386 g/mol. The Balaban J connectivity index is 1.21. The third kappa shape index (κ3) is 3.80. The van der Waals surface area contributed by atoms with Gasteiger partial charge in [-0.1, -0.05) is 24.3 Å². The molecule has 5 heteroatoms. The summed E-state index contributed by atoms with van der Waals surface area (Å²) in [4.78, 5) is 8.55. The van der Waals surface area contributed by atoms with Gasteiger partial charge in [-0.15, -0.1) is 0 Å². The van der Waals surface area contributed by atoms with Crippen molar-refractivity contribution in [2.75, 3.05) is 26.3 Å². The fraction of sp³-hybridized carbons (Fsp3) is 0.462. The van der Waals surface area contributed by atoms with Crippen LogP contribution in [0.2, 0.25) is 0 Å². The molecule has 2 aromatic carbocycles. The van der Waals surface area contributed by atoms with Crippen LogP contribution in [-0.4, -0.2) is 64.4 Å². The smallest absolute Gasteiger partial charge is 0.0718 e. The number of rotatable bonds is 6. The van der Waals surface area contributed by atoms with Gasteiger partial charge in [-0.2, -0.15) is 0 Å². The number of aromatic nitrogens is 1.